The molecule has 1 aromatic rings. The molecule has 1 aliphatic heterocycles. The second-order valence-corrected chi connectivity index (χ2v) is 6.61. The van der Waals surface area contributed by atoms with Crippen molar-refractivity contribution in [2.75, 3.05) is 26.2 Å². The summed E-state index contributed by atoms with van der Waals surface area (Å²) in [6, 6.07) is 7.38. The minimum Gasteiger partial charge on any atom is -0.480 e. The SMILES string of the molecule is CC1(NCC(=O)O)CCN(CC(=O)NCc2cccc(Cl)c2)C1.Cl. The van der Waals surface area contributed by atoms with Crippen molar-refractivity contribution >= 4 is 35.9 Å². The monoisotopic (exact) mass is 375 g/mol. The molecule has 1 unspecified atom stereocenters. The summed E-state index contributed by atoms with van der Waals surface area (Å²) in [5.74, 6) is -0.920. The molecule has 1 atom stereocenters. The highest BCUT2D eigenvalue weighted by atomic mass is 35.5. The molecule has 2 rings (SSSR count). The van der Waals surface area contributed by atoms with Gasteiger partial charge < -0.3 is 15.7 Å². The maximum Gasteiger partial charge on any atom is 0.317 e. The number of nitrogens with zero attached hydrogens (tertiary/aromatic N) is 1. The van der Waals surface area contributed by atoms with Gasteiger partial charge in [-0.2, -0.15) is 0 Å². The number of nitrogens with one attached hydrogen (secondary N) is 2. The van der Waals surface area contributed by atoms with E-state index >= 15 is 0 Å². The highest BCUT2D eigenvalue weighted by molar-refractivity contribution is 6.30. The summed E-state index contributed by atoms with van der Waals surface area (Å²) in [4.78, 5) is 24.7. The van der Waals surface area contributed by atoms with Crippen molar-refractivity contribution in [1.82, 2.24) is 15.5 Å². The topological polar surface area (TPSA) is 81.7 Å². The maximum absolute atomic E-state index is 12.0. The third-order valence-corrected chi connectivity index (χ3v) is 4.20. The third-order valence-electron chi connectivity index (χ3n) is 3.96. The number of halogens is 2. The number of aliphatic carboxylic acids is 1. The number of amides is 1. The number of carboxylic acid groups (broad SMARTS) is 1. The van der Waals surface area contributed by atoms with Crippen molar-refractivity contribution in [1.29, 1.82) is 0 Å². The van der Waals surface area contributed by atoms with Gasteiger partial charge in [0, 0.05) is 30.2 Å². The van der Waals surface area contributed by atoms with E-state index in [0.717, 1.165) is 18.5 Å². The molecule has 1 aliphatic rings. The number of hydrogen-bond donors (Lipinski definition) is 3. The molecule has 0 bridgehead atoms. The molecule has 3 N–H and O–H groups in total. The highest BCUT2D eigenvalue weighted by Crippen LogP contribution is 2.20. The molecular weight excluding hydrogens is 353 g/mol. The Morgan fingerprint density at radius 3 is 2.83 bits per heavy atom. The molecule has 1 heterocycles. The zero-order valence-corrected chi connectivity index (χ0v) is 15.1. The summed E-state index contributed by atoms with van der Waals surface area (Å²) in [7, 11) is 0. The smallest absolute Gasteiger partial charge is 0.317 e. The molecule has 134 valence electrons. The second-order valence-electron chi connectivity index (χ2n) is 6.18. The summed E-state index contributed by atoms with van der Waals surface area (Å²) in [5.41, 5.74) is 0.700. The summed E-state index contributed by atoms with van der Waals surface area (Å²) in [6.45, 7) is 4.11. The van der Waals surface area contributed by atoms with Gasteiger partial charge in [-0.1, -0.05) is 23.7 Å². The van der Waals surface area contributed by atoms with Crippen LogP contribution >= 0.6 is 24.0 Å². The average Bonchev–Trinajstić information content (AvgIpc) is 2.85. The van der Waals surface area contributed by atoms with E-state index in [9.17, 15) is 9.59 Å². The van der Waals surface area contributed by atoms with Crippen LogP contribution in [0.5, 0.6) is 0 Å². The fourth-order valence-electron chi connectivity index (χ4n) is 2.73. The van der Waals surface area contributed by atoms with Gasteiger partial charge in [-0.3, -0.25) is 14.5 Å². The average molecular weight is 376 g/mol. The Morgan fingerprint density at radius 2 is 2.17 bits per heavy atom. The molecule has 0 saturated carbocycles. The van der Waals surface area contributed by atoms with Gasteiger partial charge in [0.1, 0.15) is 0 Å². The number of rotatable bonds is 7. The van der Waals surface area contributed by atoms with Crippen LogP contribution in [0, 0.1) is 0 Å². The molecule has 1 saturated heterocycles. The molecule has 1 amide bonds. The first-order valence-corrected chi connectivity index (χ1v) is 7.94. The van der Waals surface area contributed by atoms with E-state index in [1.165, 1.54) is 0 Å². The van der Waals surface area contributed by atoms with Crippen LogP contribution in [0.25, 0.3) is 0 Å². The molecule has 0 radical (unpaired) electrons. The zero-order chi connectivity index (χ0) is 16.9. The summed E-state index contributed by atoms with van der Waals surface area (Å²) < 4.78 is 0. The van der Waals surface area contributed by atoms with Crippen LogP contribution < -0.4 is 10.6 Å². The van der Waals surface area contributed by atoms with E-state index in [4.69, 9.17) is 16.7 Å². The minimum atomic E-state index is -0.871. The van der Waals surface area contributed by atoms with Gasteiger partial charge in [0.05, 0.1) is 13.1 Å². The van der Waals surface area contributed by atoms with Crippen LogP contribution in [0.15, 0.2) is 24.3 Å². The largest absolute Gasteiger partial charge is 0.480 e. The fourth-order valence-corrected chi connectivity index (χ4v) is 2.94. The van der Waals surface area contributed by atoms with E-state index in [-0.39, 0.29) is 30.4 Å². The molecule has 6 nitrogen and oxygen atoms in total. The first kappa shape index (κ1) is 20.7. The lowest BCUT2D eigenvalue weighted by Crippen LogP contribution is -2.47. The molecule has 24 heavy (non-hydrogen) atoms. The number of carbonyl (C=O) groups excluding carboxylic acids is 1. The molecule has 0 spiro atoms. The van der Waals surface area contributed by atoms with E-state index in [1.807, 2.05) is 30.0 Å². The number of benzene rings is 1. The van der Waals surface area contributed by atoms with Gasteiger partial charge in [0.25, 0.3) is 0 Å². The van der Waals surface area contributed by atoms with Crippen LogP contribution in [-0.4, -0.2) is 53.6 Å². The first-order valence-electron chi connectivity index (χ1n) is 7.57. The van der Waals surface area contributed by atoms with Gasteiger partial charge in [-0.05, 0) is 31.0 Å². The van der Waals surface area contributed by atoms with Gasteiger partial charge >= 0.3 is 5.97 Å². The molecule has 1 aromatic carbocycles. The second kappa shape index (κ2) is 9.22. The van der Waals surface area contributed by atoms with Gasteiger partial charge in [-0.15, -0.1) is 12.4 Å². The zero-order valence-electron chi connectivity index (χ0n) is 13.5. The molecular formula is C16H23Cl2N3O3. The van der Waals surface area contributed by atoms with Gasteiger partial charge in [0.15, 0.2) is 0 Å². The highest BCUT2D eigenvalue weighted by Gasteiger charge is 2.34. The van der Waals surface area contributed by atoms with Gasteiger partial charge in [0.2, 0.25) is 5.91 Å². The van der Waals surface area contributed by atoms with Crippen molar-refractivity contribution in [3.63, 3.8) is 0 Å². The Bertz CT molecular complexity index is 585. The van der Waals surface area contributed by atoms with Gasteiger partial charge in [-0.25, -0.2) is 0 Å². The summed E-state index contributed by atoms with van der Waals surface area (Å²) >= 11 is 5.91. The lowest BCUT2D eigenvalue weighted by molar-refractivity contribution is -0.136. The predicted octanol–water partition coefficient (Wildman–Crippen LogP) is 1.52. The maximum atomic E-state index is 12.0. The van der Waals surface area contributed by atoms with Crippen LogP contribution in [0.3, 0.4) is 0 Å². The van der Waals surface area contributed by atoms with E-state index in [2.05, 4.69) is 10.6 Å². The van der Waals surface area contributed by atoms with Crippen molar-refractivity contribution in [3.8, 4) is 0 Å². The number of carbonyl (C=O) groups is 2. The molecule has 1 fully saturated rings. The summed E-state index contributed by atoms with van der Waals surface area (Å²) in [6.07, 6.45) is 0.821. The lowest BCUT2D eigenvalue weighted by atomic mass is 10.0. The molecule has 8 heteroatoms. The first-order chi connectivity index (χ1) is 10.9. The van der Waals surface area contributed by atoms with E-state index in [1.54, 1.807) is 6.07 Å². The Morgan fingerprint density at radius 1 is 1.42 bits per heavy atom. The van der Waals surface area contributed by atoms with E-state index in [0.29, 0.717) is 24.7 Å². The Balaban J connectivity index is 0.00000288. The predicted molar refractivity (Wildman–Crippen MR) is 95.6 cm³/mol. The Kier molecular flexibility index (Phi) is 7.96. The quantitative estimate of drug-likeness (QED) is 0.672. The Hall–Kier alpha value is -1.34. The standard InChI is InChI=1S/C16H22ClN3O3.ClH/c1-16(19-9-15(22)23)5-6-20(11-16)10-14(21)18-8-12-3-2-4-13(17)7-12;/h2-4,7,19H,5-6,8-11H2,1H3,(H,18,21)(H,22,23);1H. The molecule has 0 aromatic heterocycles. The van der Waals surface area contributed by atoms with Crippen molar-refractivity contribution in [2.45, 2.75) is 25.4 Å². The normalized spacial score (nSPS) is 20.4. The van der Waals surface area contributed by atoms with Crippen molar-refractivity contribution < 1.29 is 14.7 Å². The number of hydrogen-bond acceptors (Lipinski definition) is 4. The van der Waals surface area contributed by atoms with Crippen LogP contribution in [-0.2, 0) is 16.1 Å². The van der Waals surface area contributed by atoms with Crippen molar-refractivity contribution in [3.05, 3.63) is 34.9 Å². The van der Waals surface area contributed by atoms with Crippen LogP contribution in [0.1, 0.15) is 18.9 Å². The summed E-state index contributed by atoms with van der Waals surface area (Å²) in [5, 5.41) is 15.3. The van der Waals surface area contributed by atoms with Crippen LogP contribution in [0.4, 0.5) is 0 Å². The van der Waals surface area contributed by atoms with E-state index < -0.39 is 5.97 Å². The Labute approximate surface area is 153 Å². The van der Waals surface area contributed by atoms with Crippen LogP contribution in [0.2, 0.25) is 5.02 Å². The molecule has 0 aliphatic carbocycles. The number of carboxylic acids is 1. The fraction of sp³-hybridized carbons (Fsp3) is 0.500. The lowest BCUT2D eigenvalue weighted by Gasteiger charge is -2.25. The third kappa shape index (κ3) is 6.65. The van der Waals surface area contributed by atoms with Crippen molar-refractivity contribution in [2.24, 2.45) is 0 Å². The number of likely N-dealkylation sites (tertiary alicyclic amines) is 1. The minimum absolute atomic E-state index is 0.